The second-order valence-corrected chi connectivity index (χ2v) is 1.71. The molecule has 0 aromatic carbocycles. The van der Waals surface area contributed by atoms with Gasteiger partial charge in [-0.2, -0.15) is 0 Å². The van der Waals surface area contributed by atoms with Crippen LogP contribution in [0.4, 0.5) is 0 Å². The highest BCUT2D eigenvalue weighted by molar-refractivity contribution is 5.78. The van der Waals surface area contributed by atoms with Crippen LogP contribution < -0.4 is 0 Å². The third-order valence-electron chi connectivity index (χ3n) is 1.20. The van der Waals surface area contributed by atoms with Crippen LogP contribution in [-0.2, 0) is 0 Å². The van der Waals surface area contributed by atoms with E-state index in [4.69, 9.17) is 0 Å². The second kappa shape index (κ2) is 1.15. The predicted octanol–water partition coefficient (Wildman–Crippen LogP) is 0.523. The molecule has 2 heterocycles. The quantitative estimate of drug-likeness (QED) is 0.399. The molecule has 0 N–H and O–H groups in total. The third-order valence-corrected chi connectivity index (χ3v) is 1.20. The van der Waals surface area contributed by atoms with Crippen molar-refractivity contribution in [2.24, 2.45) is 5.10 Å². The van der Waals surface area contributed by atoms with Gasteiger partial charge in [-0.05, 0) is 5.10 Å². The molecule has 2 rings (SSSR count). The van der Waals surface area contributed by atoms with Crippen molar-refractivity contribution in [1.29, 1.82) is 0 Å². The Balaban J connectivity index is 2.59. The monoisotopic (exact) mass is 105 g/mol. The summed E-state index contributed by atoms with van der Waals surface area (Å²) in [5, 5.41) is 4.00. The molecule has 0 radical (unpaired) electrons. The summed E-state index contributed by atoms with van der Waals surface area (Å²) in [5.41, 5.74) is 1.16. The lowest BCUT2D eigenvalue weighted by Crippen LogP contribution is -1.91. The van der Waals surface area contributed by atoms with Gasteiger partial charge in [0.05, 0.1) is 0 Å². The van der Waals surface area contributed by atoms with E-state index >= 15 is 0 Å². The van der Waals surface area contributed by atoms with Crippen LogP contribution >= 0.6 is 0 Å². The Hall–Kier alpha value is -1.18. The zero-order chi connectivity index (χ0) is 5.40. The van der Waals surface area contributed by atoms with Gasteiger partial charge in [-0.1, -0.05) is 4.68 Å². The molecule has 0 amide bonds. The minimum atomic E-state index is 1.16. The molecule has 0 saturated heterocycles. The molecule has 0 fully saturated rings. The van der Waals surface area contributed by atoms with E-state index in [0.29, 0.717) is 0 Å². The predicted molar refractivity (Wildman–Crippen MR) is 32.0 cm³/mol. The van der Waals surface area contributed by atoms with Crippen LogP contribution in [0.15, 0.2) is 29.0 Å². The van der Waals surface area contributed by atoms with Gasteiger partial charge in [0.2, 0.25) is 11.9 Å². The van der Waals surface area contributed by atoms with E-state index in [1.165, 1.54) is 0 Å². The maximum Gasteiger partial charge on any atom is 0.240 e. The number of nitrogens with zero attached hydrogens (tertiary/aromatic N) is 2. The minimum Gasteiger partial charge on any atom is -0.0526 e. The average Bonchev–Trinajstić information content (AvgIpc) is 2.15. The largest absolute Gasteiger partial charge is 0.240 e. The smallest absolute Gasteiger partial charge is 0.0526 e. The summed E-state index contributed by atoms with van der Waals surface area (Å²) in [6, 6.07) is 0. The lowest BCUT2D eigenvalue weighted by Gasteiger charge is -1.75. The topological polar surface area (TPSA) is 15.4 Å². The van der Waals surface area contributed by atoms with Crippen molar-refractivity contribution in [1.82, 2.24) is 0 Å². The third kappa shape index (κ3) is 0.320. The van der Waals surface area contributed by atoms with Crippen LogP contribution in [0.25, 0.3) is 0 Å². The molecule has 0 aromatic rings. The molecule has 0 aromatic heterocycles. The van der Waals surface area contributed by atoms with Crippen molar-refractivity contribution >= 4 is 12.4 Å². The summed E-state index contributed by atoms with van der Waals surface area (Å²) in [7, 11) is 0. The first kappa shape index (κ1) is 3.78. The lowest BCUT2D eigenvalue weighted by atomic mass is 10.4. The summed E-state index contributed by atoms with van der Waals surface area (Å²) in [6.07, 6.45) is 9.68. The fourth-order valence-corrected chi connectivity index (χ4v) is 0.804. The Kier molecular flexibility index (Phi) is 0.545. The molecule has 2 heteroatoms. The molecule has 0 saturated carbocycles. The number of fused-ring (bicyclic) bond motifs is 1. The first-order chi connectivity index (χ1) is 3.97. The van der Waals surface area contributed by atoms with E-state index in [1.54, 1.807) is 6.21 Å². The average molecular weight is 105 g/mol. The first-order valence-corrected chi connectivity index (χ1v) is 2.52. The highest BCUT2D eigenvalue weighted by Crippen LogP contribution is 2.07. The number of hydrogen-bond donors (Lipinski definition) is 0. The first-order valence-electron chi connectivity index (χ1n) is 2.52. The highest BCUT2D eigenvalue weighted by Gasteiger charge is 2.16. The van der Waals surface area contributed by atoms with E-state index in [2.05, 4.69) is 5.10 Å². The van der Waals surface area contributed by atoms with Crippen LogP contribution in [0, 0.1) is 0 Å². The second-order valence-electron chi connectivity index (χ2n) is 1.71. The molecule has 2 aliphatic rings. The lowest BCUT2D eigenvalue weighted by molar-refractivity contribution is -0.463. The van der Waals surface area contributed by atoms with E-state index in [0.717, 1.165) is 5.70 Å². The molecule has 0 atom stereocenters. The number of hydrazone groups is 1. The van der Waals surface area contributed by atoms with E-state index in [1.807, 2.05) is 29.1 Å². The molecular weight excluding hydrogens is 100 g/mol. The summed E-state index contributed by atoms with van der Waals surface area (Å²) in [6.45, 7) is 0. The van der Waals surface area contributed by atoms with Crippen LogP contribution in [0.5, 0.6) is 0 Å². The molecule has 2 aliphatic heterocycles. The van der Waals surface area contributed by atoms with Gasteiger partial charge < -0.3 is 0 Å². The van der Waals surface area contributed by atoms with Gasteiger partial charge in [-0.25, -0.2) is 0 Å². The number of rotatable bonds is 0. The van der Waals surface area contributed by atoms with E-state index in [-0.39, 0.29) is 0 Å². The van der Waals surface area contributed by atoms with Crippen molar-refractivity contribution < 1.29 is 4.68 Å². The maximum absolute atomic E-state index is 4.00. The van der Waals surface area contributed by atoms with E-state index in [9.17, 15) is 0 Å². The molecule has 0 bridgehead atoms. The summed E-state index contributed by atoms with van der Waals surface area (Å²) in [5.74, 6) is 0. The number of hydrogen-bond acceptors (Lipinski definition) is 1. The van der Waals surface area contributed by atoms with Gasteiger partial charge in [0.25, 0.3) is 0 Å². The van der Waals surface area contributed by atoms with Crippen molar-refractivity contribution in [3.8, 4) is 0 Å². The van der Waals surface area contributed by atoms with Gasteiger partial charge in [0, 0.05) is 18.2 Å². The zero-order valence-corrected chi connectivity index (χ0v) is 4.28. The Labute approximate surface area is 47.1 Å². The van der Waals surface area contributed by atoms with Crippen molar-refractivity contribution in [2.75, 3.05) is 0 Å². The zero-order valence-electron chi connectivity index (χ0n) is 4.28. The van der Waals surface area contributed by atoms with Crippen molar-refractivity contribution in [3.05, 3.63) is 23.9 Å². The van der Waals surface area contributed by atoms with Gasteiger partial charge in [0.15, 0.2) is 0 Å². The molecule has 2 nitrogen and oxygen atoms in total. The Morgan fingerprint density at radius 1 is 1.50 bits per heavy atom. The van der Waals surface area contributed by atoms with Crippen LogP contribution in [-0.4, -0.2) is 17.1 Å². The SMILES string of the molecule is C1=CC2=CC=N[N+]2=C1. The summed E-state index contributed by atoms with van der Waals surface area (Å²) < 4.78 is 1.83. The number of allylic oxidation sites excluding steroid dienone is 3. The molecular formula is C6H5N2+. The highest BCUT2D eigenvalue weighted by atomic mass is 15.4. The Morgan fingerprint density at radius 3 is 3.38 bits per heavy atom. The molecule has 8 heavy (non-hydrogen) atoms. The standard InChI is InChI=1S/C6H5N2/c1-2-6-3-4-7-8(6)5-1/h1-5H/q+1. The van der Waals surface area contributed by atoms with E-state index < -0.39 is 0 Å². The minimum absolute atomic E-state index is 1.16. The van der Waals surface area contributed by atoms with Gasteiger partial charge >= 0.3 is 0 Å². The molecule has 0 spiro atoms. The van der Waals surface area contributed by atoms with Crippen molar-refractivity contribution in [2.45, 2.75) is 0 Å². The fraction of sp³-hybridized carbons (Fsp3) is 0. The van der Waals surface area contributed by atoms with Gasteiger partial charge in [-0.3, -0.25) is 0 Å². The molecule has 0 aliphatic carbocycles. The van der Waals surface area contributed by atoms with Crippen LogP contribution in [0.3, 0.4) is 0 Å². The maximum atomic E-state index is 4.00. The van der Waals surface area contributed by atoms with Crippen molar-refractivity contribution in [3.63, 3.8) is 0 Å². The Bertz CT molecular complexity index is 205. The normalized spacial score (nSPS) is 21.0. The van der Waals surface area contributed by atoms with Crippen LogP contribution in [0.2, 0.25) is 0 Å². The fourth-order valence-electron chi connectivity index (χ4n) is 0.804. The van der Waals surface area contributed by atoms with Gasteiger partial charge in [-0.15, -0.1) is 0 Å². The summed E-state index contributed by atoms with van der Waals surface area (Å²) >= 11 is 0. The summed E-state index contributed by atoms with van der Waals surface area (Å²) in [4.78, 5) is 0. The van der Waals surface area contributed by atoms with Gasteiger partial charge in [0.1, 0.15) is 6.21 Å². The molecule has 38 valence electrons. The Morgan fingerprint density at radius 2 is 2.50 bits per heavy atom. The molecule has 0 unspecified atom stereocenters. The van der Waals surface area contributed by atoms with Crippen LogP contribution in [0.1, 0.15) is 0 Å².